The molecular weight excluding hydrogens is 268 g/mol. The zero-order chi connectivity index (χ0) is 15.2. The van der Waals surface area contributed by atoms with Crippen LogP contribution < -0.4 is 0 Å². The Balaban J connectivity index is 2.35. The summed E-state index contributed by atoms with van der Waals surface area (Å²) in [5, 5.41) is 0. The molecule has 0 radical (unpaired) electrons. The molecule has 2 rings (SSSR count). The van der Waals surface area contributed by atoms with Crippen molar-refractivity contribution < 1.29 is 19.0 Å². The van der Waals surface area contributed by atoms with Crippen LogP contribution >= 0.6 is 0 Å². The molecule has 0 N–H and O–H groups in total. The van der Waals surface area contributed by atoms with Gasteiger partial charge in [0.2, 0.25) is 0 Å². The lowest BCUT2D eigenvalue weighted by Crippen LogP contribution is -2.30. The Morgan fingerprint density at radius 2 is 1.95 bits per heavy atom. The molecule has 1 aromatic carbocycles. The summed E-state index contributed by atoms with van der Waals surface area (Å²) in [6.07, 6.45) is 0.293. The second kappa shape index (κ2) is 7.27. The molecule has 2 atom stereocenters. The van der Waals surface area contributed by atoms with Crippen molar-refractivity contribution in [2.45, 2.75) is 39.4 Å². The van der Waals surface area contributed by atoms with Crippen LogP contribution in [0.4, 0.5) is 0 Å². The van der Waals surface area contributed by atoms with E-state index in [-0.39, 0.29) is 18.2 Å². The average molecular weight is 290 g/mol. The summed E-state index contributed by atoms with van der Waals surface area (Å²) in [6, 6.07) is 9.94. The number of rotatable bonds is 5. The van der Waals surface area contributed by atoms with Crippen molar-refractivity contribution in [1.82, 2.24) is 0 Å². The number of benzene rings is 1. The van der Waals surface area contributed by atoms with Crippen LogP contribution in [0.25, 0.3) is 0 Å². The largest absolute Gasteiger partial charge is 0.469 e. The lowest BCUT2D eigenvalue weighted by Gasteiger charge is -2.32. The molecule has 0 saturated carbocycles. The molecule has 0 fully saturated rings. The number of carbonyl (C=O) groups is 1. The van der Waals surface area contributed by atoms with Crippen molar-refractivity contribution in [3.05, 3.63) is 47.2 Å². The summed E-state index contributed by atoms with van der Waals surface area (Å²) in [7, 11) is 0. The van der Waals surface area contributed by atoms with Crippen LogP contribution in [0.2, 0.25) is 0 Å². The summed E-state index contributed by atoms with van der Waals surface area (Å²) in [4.78, 5) is 12.3. The minimum Gasteiger partial charge on any atom is -0.469 e. The second-order valence-corrected chi connectivity index (χ2v) is 4.89. The smallest absolute Gasteiger partial charge is 0.338 e. The maximum absolute atomic E-state index is 12.3. The van der Waals surface area contributed by atoms with Crippen LogP contribution in [0.1, 0.15) is 38.7 Å². The van der Waals surface area contributed by atoms with Gasteiger partial charge >= 0.3 is 5.97 Å². The van der Waals surface area contributed by atoms with Gasteiger partial charge < -0.3 is 14.2 Å². The van der Waals surface area contributed by atoms with Crippen molar-refractivity contribution in [2.24, 2.45) is 0 Å². The number of hydrogen-bond donors (Lipinski definition) is 0. The van der Waals surface area contributed by atoms with Crippen LogP contribution in [0.15, 0.2) is 41.7 Å². The van der Waals surface area contributed by atoms with Crippen LogP contribution in [-0.2, 0) is 19.0 Å². The Kier molecular flexibility index (Phi) is 5.39. The molecule has 1 aromatic rings. The maximum Gasteiger partial charge on any atom is 0.338 e. The molecule has 4 heteroatoms. The van der Waals surface area contributed by atoms with Crippen molar-refractivity contribution in [2.75, 3.05) is 13.2 Å². The molecular formula is C17H22O4. The molecule has 21 heavy (non-hydrogen) atoms. The van der Waals surface area contributed by atoms with Gasteiger partial charge in [0, 0.05) is 18.9 Å². The number of ether oxygens (including phenoxy) is 3. The van der Waals surface area contributed by atoms with Crippen LogP contribution in [0, 0.1) is 0 Å². The van der Waals surface area contributed by atoms with Crippen LogP contribution in [0.5, 0.6) is 0 Å². The quantitative estimate of drug-likeness (QED) is 0.780. The summed E-state index contributed by atoms with van der Waals surface area (Å²) in [5.41, 5.74) is 1.67. The van der Waals surface area contributed by atoms with Gasteiger partial charge in [-0.1, -0.05) is 30.3 Å². The molecule has 1 heterocycles. The second-order valence-electron chi connectivity index (χ2n) is 4.89. The highest BCUT2D eigenvalue weighted by Crippen LogP contribution is 2.37. The fraction of sp³-hybridized carbons (Fsp3) is 0.471. The van der Waals surface area contributed by atoms with Crippen molar-refractivity contribution in [3.8, 4) is 0 Å². The van der Waals surface area contributed by atoms with E-state index in [9.17, 15) is 4.79 Å². The molecule has 0 bridgehead atoms. The Bertz CT molecular complexity index is 507. The number of carbonyl (C=O) groups excluding carboxylic acids is 1. The van der Waals surface area contributed by atoms with E-state index in [1.165, 1.54) is 0 Å². The SMILES string of the molecule is CCOC(=O)C1=C(C)O[C@@H](OCC)C[C@H]1c1ccccc1. The van der Waals surface area contributed by atoms with Gasteiger partial charge in [0.1, 0.15) is 5.76 Å². The Hall–Kier alpha value is -1.81. The Morgan fingerprint density at radius 1 is 1.24 bits per heavy atom. The molecule has 0 unspecified atom stereocenters. The zero-order valence-electron chi connectivity index (χ0n) is 12.8. The predicted octanol–water partition coefficient (Wildman–Crippen LogP) is 3.39. The first kappa shape index (κ1) is 15.6. The van der Waals surface area contributed by atoms with E-state index >= 15 is 0 Å². The molecule has 0 spiro atoms. The van der Waals surface area contributed by atoms with E-state index in [1.54, 1.807) is 13.8 Å². The van der Waals surface area contributed by atoms with Gasteiger partial charge in [0.15, 0.2) is 6.29 Å². The third kappa shape index (κ3) is 3.64. The molecule has 1 aliphatic rings. The van der Waals surface area contributed by atoms with E-state index < -0.39 is 0 Å². The van der Waals surface area contributed by atoms with Gasteiger partial charge in [-0.05, 0) is 26.3 Å². The zero-order valence-corrected chi connectivity index (χ0v) is 12.8. The maximum atomic E-state index is 12.3. The highest BCUT2D eigenvalue weighted by Gasteiger charge is 2.35. The Morgan fingerprint density at radius 3 is 2.57 bits per heavy atom. The van der Waals surface area contributed by atoms with Gasteiger partial charge in [0.25, 0.3) is 0 Å². The highest BCUT2D eigenvalue weighted by atomic mass is 16.7. The number of allylic oxidation sites excluding steroid dienone is 1. The van der Waals surface area contributed by atoms with Crippen LogP contribution in [0.3, 0.4) is 0 Å². The molecule has 1 aliphatic heterocycles. The van der Waals surface area contributed by atoms with E-state index in [1.807, 2.05) is 37.3 Å². The lowest BCUT2D eigenvalue weighted by atomic mass is 9.85. The molecule has 114 valence electrons. The number of hydrogen-bond acceptors (Lipinski definition) is 4. The van der Waals surface area contributed by atoms with E-state index in [0.29, 0.717) is 31.0 Å². The van der Waals surface area contributed by atoms with Crippen molar-refractivity contribution in [1.29, 1.82) is 0 Å². The van der Waals surface area contributed by atoms with Gasteiger partial charge in [-0.15, -0.1) is 0 Å². The van der Waals surface area contributed by atoms with Gasteiger partial charge in [-0.3, -0.25) is 0 Å². The average Bonchev–Trinajstić information content (AvgIpc) is 2.48. The summed E-state index contributed by atoms with van der Waals surface area (Å²) in [6.45, 7) is 6.46. The third-order valence-electron chi connectivity index (χ3n) is 3.51. The van der Waals surface area contributed by atoms with E-state index in [0.717, 1.165) is 5.56 Å². The van der Waals surface area contributed by atoms with Crippen LogP contribution in [-0.4, -0.2) is 25.5 Å². The Labute approximate surface area is 125 Å². The fourth-order valence-corrected chi connectivity index (χ4v) is 2.64. The normalized spacial score (nSPS) is 21.9. The fourth-order valence-electron chi connectivity index (χ4n) is 2.64. The predicted molar refractivity (Wildman–Crippen MR) is 79.6 cm³/mol. The van der Waals surface area contributed by atoms with Gasteiger partial charge in [-0.2, -0.15) is 0 Å². The van der Waals surface area contributed by atoms with Crippen molar-refractivity contribution >= 4 is 5.97 Å². The van der Waals surface area contributed by atoms with Crippen molar-refractivity contribution in [3.63, 3.8) is 0 Å². The molecule has 4 nitrogen and oxygen atoms in total. The van der Waals surface area contributed by atoms with Gasteiger partial charge in [-0.25, -0.2) is 4.79 Å². The van der Waals surface area contributed by atoms with E-state index in [2.05, 4.69) is 0 Å². The summed E-state index contributed by atoms with van der Waals surface area (Å²) in [5.74, 6) is 0.223. The van der Waals surface area contributed by atoms with E-state index in [4.69, 9.17) is 14.2 Å². The molecule has 0 aromatic heterocycles. The first-order valence-electron chi connectivity index (χ1n) is 7.38. The van der Waals surface area contributed by atoms with Gasteiger partial charge in [0.05, 0.1) is 12.2 Å². The highest BCUT2D eigenvalue weighted by molar-refractivity contribution is 5.91. The molecule has 0 saturated heterocycles. The summed E-state index contributed by atoms with van der Waals surface area (Å²) < 4.78 is 16.5. The minimum atomic E-state index is -0.321. The molecule has 0 aliphatic carbocycles. The summed E-state index contributed by atoms with van der Waals surface area (Å²) >= 11 is 0. The third-order valence-corrected chi connectivity index (χ3v) is 3.51. The first-order chi connectivity index (χ1) is 10.2. The number of esters is 1. The first-order valence-corrected chi connectivity index (χ1v) is 7.38. The standard InChI is InChI=1S/C17H22O4/c1-4-19-15-11-14(13-9-7-6-8-10-13)16(12(3)21-15)17(18)20-5-2/h6-10,14-15H,4-5,11H2,1-3H3/t14-,15+/m0/s1. The molecule has 0 amide bonds. The lowest BCUT2D eigenvalue weighted by molar-refractivity contribution is -0.145. The topological polar surface area (TPSA) is 44.8 Å². The monoisotopic (exact) mass is 290 g/mol. The minimum absolute atomic E-state index is 0.0597.